The zero-order chi connectivity index (χ0) is 19.3. The number of amides is 2. The molecule has 2 aromatic rings. The fourth-order valence-corrected chi connectivity index (χ4v) is 1.91. The van der Waals surface area contributed by atoms with E-state index in [2.05, 4.69) is 0 Å². The van der Waals surface area contributed by atoms with Gasteiger partial charge in [-0.3, -0.25) is 20.4 Å². The number of carbonyl (C=O) groups excluding carboxylic acids is 2. The summed E-state index contributed by atoms with van der Waals surface area (Å²) in [6.45, 7) is 1.32. The summed E-state index contributed by atoms with van der Waals surface area (Å²) in [5, 5.41) is 0. The molecule has 2 amide bonds. The Morgan fingerprint density at radius 2 is 1.73 bits per heavy atom. The lowest BCUT2D eigenvalue weighted by molar-refractivity contribution is -0.137. The highest BCUT2D eigenvalue weighted by Gasteiger charge is 2.31. The van der Waals surface area contributed by atoms with Gasteiger partial charge in [0.15, 0.2) is 17.7 Å². The molecule has 2 rings (SSSR count). The van der Waals surface area contributed by atoms with Crippen LogP contribution in [-0.2, 0) is 11.0 Å². The second-order valence-electron chi connectivity index (χ2n) is 5.21. The fraction of sp³-hybridized carbons (Fsp3) is 0.176. The predicted molar refractivity (Wildman–Crippen MR) is 83.5 cm³/mol. The van der Waals surface area contributed by atoms with E-state index in [0.29, 0.717) is 6.07 Å². The quantitative estimate of drug-likeness (QED) is 0.642. The average Bonchev–Trinajstić information content (AvgIpc) is 2.60. The van der Waals surface area contributed by atoms with Crippen molar-refractivity contribution >= 4 is 11.8 Å². The Balaban J connectivity index is 1.94. The first-order chi connectivity index (χ1) is 12.2. The van der Waals surface area contributed by atoms with Crippen LogP contribution in [0, 0.1) is 5.82 Å². The fourth-order valence-electron chi connectivity index (χ4n) is 1.91. The highest BCUT2D eigenvalue weighted by molar-refractivity contribution is 5.95. The molecule has 0 spiro atoms. The van der Waals surface area contributed by atoms with Gasteiger partial charge in [0.1, 0.15) is 0 Å². The van der Waals surface area contributed by atoms with Gasteiger partial charge in [0.05, 0.1) is 5.56 Å². The Hall–Kier alpha value is -3.10. The van der Waals surface area contributed by atoms with E-state index in [4.69, 9.17) is 4.74 Å². The molecule has 5 nitrogen and oxygen atoms in total. The number of nitrogens with one attached hydrogen (secondary N) is 2. The number of hydrazine groups is 1. The normalized spacial score (nSPS) is 12.2. The van der Waals surface area contributed by atoms with E-state index in [1.165, 1.54) is 25.1 Å². The number of alkyl halides is 3. The van der Waals surface area contributed by atoms with Crippen molar-refractivity contribution < 1.29 is 31.9 Å². The first-order valence-corrected chi connectivity index (χ1v) is 7.37. The smallest absolute Gasteiger partial charge is 0.416 e. The molecule has 26 heavy (non-hydrogen) atoms. The van der Waals surface area contributed by atoms with Gasteiger partial charge in [0, 0.05) is 5.56 Å². The van der Waals surface area contributed by atoms with Gasteiger partial charge in [0.25, 0.3) is 11.8 Å². The zero-order valence-corrected chi connectivity index (χ0v) is 13.4. The summed E-state index contributed by atoms with van der Waals surface area (Å²) in [5.74, 6) is -2.57. The number of halogens is 4. The van der Waals surface area contributed by atoms with Crippen molar-refractivity contribution in [1.82, 2.24) is 10.9 Å². The Morgan fingerprint density at radius 1 is 1.04 bits per heavy atom. The molecule has 0 saturated carbocycles. The molecule has 1 atom stereocenters. The highest BCUT2D eigenvalue weighted by atomic mass is 19.4. The maximum atomic E-state index is 13.5. The number of ether oxygens (including phenoxy) is 1. The molecule has 0 aromatic heterocycles. The second kappa shape index (κ2) is 7.85. The summed E-state index contributed by atoms with van der Waals surface area (Å²) in [4.78, 5) is 23.7. The van der Waals surface area contributed by atoms with Crippen LogP contribution in [0.4, 0.5) is 17.6 Å². The standard InChI is InChI=1S/C17H14F4N2O3/c1-10(26-14-8-3-2-7-13(14)18)15(24)22-23-16(25)11-5-4-6-12(9-11)17(19,20)21/h2-10H,1H3,(H,22,24)(H,23,25)/t10-/m1/s1. The summed E-state index contributed by atoms with van der Waals surface area (Å²) in [6, 6.07) is 9.14. The van der Waals surface area contributed by atoms with Crippen LogP contribution in [0.5, 0.6) is 5.75 Å². The molecule has 9 heteroatoms. The van der Waals surface area contributed by atoms with Crippen molar-refractivity contribution in [2.24, 2.45) is 0 Å². The van der Waals surface area contributed by atoms with E-state index in [9.17, 15) is 27.2 Å². The van der Waals surface area contributed by atoms with Crippen molar-refractivity contribution in [2.45, 2.75) is 19.2 Å². The number of hydrogen-bond acceptors (Lipinski definition) is 3. The molecule has 2 aromatic carbocycles. The molecule has 0 heterocycles. The van der Waals surface area contributed by atoms with Gasteiger partial charge in [-0.25, -0.2) is 4.39 Å². The summed E-state index contributed by atoms with van der Waals surface area (Å²) >= 11 is 0. The minimum atomic E-state index is -4.60. The molecule has 0 aliphatic carbocycles. The van der Waals surface area contributed by atoms with Gasteiger partial charge in [0.2, 0.25) is 0 Å². The molecule has 0 saturated heterocycles. The van der Waals surface area contributed by atoms with Crippen LogP contribution in [0.25, 0.3) is 0 Å². The number of carbonyl (C=O) groups is 2. The van der Waals surface area contributed by atoms with Crippen molar-refractivity contribution in [3.8, 4) is 5.75 Å². The van der Waals surface area contributed by atoms with Gasteiger partial charge in [-0.15, -0.1) is 0 Å². The summed E-state index contributed by atoms with van der Waals surface area (Å²) in [6.07, 6.45) is -5.75. The van der Waals surface area contributed by atoms with Crippen molar-refractivity contribution in [3.63, 3.8) is 0 Å². The molecular weight excluding hydrogens is 356 g/mol. The third kappa shape index (κ3) is 4.95. The molecule has 0 radical (unpaired) electrons. The van der Waals surface area contributed by atoms with Gasteiger partial charge in [-0.1, -0.05) is 18.2 Å². The van der Waals surface area contributed by atoms with E-state index in [1.807, 2.05) is 10.9 Å². The molecule has 0 unspecified atom stereocenters. The highest BCUT2D eigenvalue weighted by Crippen LogP contribution is 2.29. The lowest BCUT2D eigenvalue weighted by Gasteiger charge is -2.15. The van der Waals surface area contributed by atoms with E-state index in [1.54, 1.807) is 0 Å². The number of hydrogen-bond donors (Lipinski definition) is 2. The van der Waals surface area contributed by atoms with Crippen LogP contribution in [0.1, 0.15) is 22.8 Å². The first-order valence-electron chi connectivity index (χ1n) is 7.37. The SMILES string of the molecule is C[C@@H](Oc1ccccc1F)C(=O)NNC(=O)c1cccc(C(F)(F)F)c1. The minimum absolute atomic E-state index is 0.153. The molecule has 138 valence electrons. The number of rotatable bonds is 4. The molecule has 0 aliphatic heterocycles. The van der Waals surface area contributed by atoms with Crippen LogP contribution >= 0.6 is 0 Å². The molecule has 0 bridgehead atoms. The average molecular weight is 370 g/mol. The maximum Gasteiger partial charge on any atom is 0.416 e. The topological polar surface area (TPSA) is 67.4 Å². The monoisotopic (exact) mass is 370 g/mol. The number of benzene rings is 2. The molecule has 0 aliphatic rings. The zero-order valence-electron chi connectivity index (χ0n) is 13.4. The lowest BCUT2D eigenvalue weighted by atomic mass is 10.1. The summed E-state index contributed by atoms with van der Waals surface area (Å²) in [7, 11) is 0. The van der Waals surface area contributed by atoms with Crippen molar-refractivity contribution in [2.75, 3.05) is 0 Å². The Bertz CT molecular complexity index is 809. The Kier molecular flexibility index (Phi) is 5.81. The van der Waals surface area contributed by atoms with Crippen LogP contribution < -0.4 is 15.6 Å². The first kappa shape index (κ1) is 19.2. The van der Waals surface area contributed by atoms with Gasteiger partial charge >= 0.3 is 6.18 Å². The van der Waals surface area contributed by atoms with E-state index < -0.39 is 35.5 Å². The molecule has 2 N–H and O–H groups in total. The van der Waals surface area contributed by atoms with Gasteiger partial charge in [-0.05, 0) is 37.3 Å². The molecular formula is C17H14F4N2O3. The van der Waals surface area contributed by atoms with E-state index in [0.717, 1.165) is 24.3 Å². The third-order valence-corrected chi connectivity index (χ3v) is 3.26. The Morgan fingerprint density at radius 3 is 2.38 bits per heavy atom. The third-order valence-electron chi connectivity index (χ3n) is 3.26. The van der Waals surface area contributed by atoms with Crippen molar-refractivity contribution in [1.29, 1.82) is 0 Å². The lowest BCUT2D eigenvalue weighted by Crippen LogP contribution is -2.47. The predicted octanol–water partition coefficient (Wildman–Crippen LogP) is 3.07. The van der Waals surface area contributed by atoms with Crippen molar-refractivity contribution in [3.05, 3.63) is 65.5 Å². The maximum absolute atomic E-state index is 13.5. The van der Waals surface area contributed by atoms with Crippen LogP contribution in [0.3, 0.4) is 0 Å². The van der Waals surface area contributed by atoms with Crippen LogP contribution in [-0.4, -0.2) is 17.9 Å². The second-order valence-corrected chi connectivity index (χ2v) is 5.21. The van der Waals surface area contributed by atoms with Gasteiger partial charge < -0.3 is 4.74 Å². The largest absolute Gasteiger partial charge is 0.478 e. The Labute approximate surface area is 145 Å². The molecule has 0 fully saturated rings. The van der Waals surface area contributed by atoms with Crippen LogP contribution in [0.15, 0.2) is 48.5 Å². The number of para-hydroxylation sites is 1. The minimum Gasteiger partial charge on any atom is -0.478 e. The van der Waals surface area contributed by atoms with E-state index in [-0.39, 0.29) is 11.3 Å². The van der Waals surface area contributed by atoms with E-state index >= 15 is 0 Å². The summed E-state index contributed by atoms with van der Waals surface area (Å²) < 4.78 is 56.5. The summed E-state index contributed by atoms with van der Waals surface area (Å²) in [5.41, 5.74) is 2.71. The van der Waals surface area contributed by atoms with Gasteiger partial charge in [-0.2, -0.15) is 13.2 Å². The van der Waals surface area contributed by atoms with Crippen LogP contribution in [0.2, 0.25) is 0 Å².